The Hall–Kier alpha value is -2.03. The van der Waals surface area contributed by atoms with Crippen LogP contribution in [0.5, 0.6) is 0 Å². The fourth-order valence-electron chi connectivity index (χ4n) is 2.16. The molecule has 0 unspecified atom stereocenters. The maximum absolute atomic E-state index is 11.5. The first-order chi connectivity index (χ1) is 11.1. The van der Waals surface area contributed by atoms with Crippen LogP contribution in [0.4, 0.5) is 5.82 Å². The van der Waals surface area contributed by atoms with Gasteiger partial charge in [0.25, 0.3) is 0 Å². The Morgan fingerprint density at radius 2 is 1.83 bits per heavy atom. The number of benzene rings is 1. The van der Waals surface area contributed by atoms with Gasteiger partial charge in [-0.2, -0.15) is 0 Å². The summed E-state index contributed by atoms with van der Waals surface area (Å²) in [6, 6.07) is 9.48. The smallest absolute Gasteiger partial charge is 0.215 e. The summed E-state index contributed by atoms with van der Waals surface area (Å²) in [5.74, 6) is 0.789. The Balaban J connectivity index is 1.68. The van der Waals surface area contributed by atoms with Crippen LogP contribution in [0.1, 0.15) is 11.1 Å². The van der Waals surface area contributed by atoms with Crippen LogP contribution in [0.3, 0.4) is 0 Å². The molecular formula is C15H16N4O2S2. The molecule has 0 saturated heterocycles. The normalized spacial score (nSPS) is 11.7. The molecule has 2 heterocycles. The van der Waals surface area contributed by atoms with Crippen molar-refractivity contribution < 1.29 is 8.42 Å². The Bertz CT molecular complexity index is 905. The number of rotatable bonds is 6. The number of aromatic nitrogens is 2. The van der Waals surface area contributed by atoms with Crippen LogP contribution in [0.25, 0.3) is 10.2 Å². The van der Waals surface area contributed by atoms with Gasteiger partial charge < -0.3 is 5.32 Å². The molecule has 6 nitrogen and oxygen atoms in total. The van der Waals surface area contributed by atoms with Crippen LogP contribution in [0, 0.1) is 0 Å². The third kappa shape index (κ3) is 3.84. The Kier molecular flexibility index (Phi) is 4.56. The van der Waals surface area contributed by atoms with Crippen molar-refractivity contribution in [3.05, 3.63) is 53.2 Å². The summed E-state index contributed by atoms with van der Waals surface area (Å²) in [7, 11) is -1.82. The van der Waals surface area contributed by atoms with Crippen molar-refractivity contribution in [1.29, 1.82) is 0 Å². The highest BCUT2D eigenvalue weighted by Crippen LogP contribution is 2.24. The maximum Gasteiger partial charge on any atom is 0.215 e. The molecule has 1 aromatic carbocycles. The van der Waals surface area contributed by atoms with Gasteiger partial charge in [-0.25, -0.2) is 23.1 Å². The van der Waals surface area contributed by atoms with Gasteiger partial charge in [0, 0.05) is 6.54 Å². The molecule has 0 fully saturated rings. The highest BCUT2D eigenvalue weighted by Gasteiger charge is 2.08. The SMILES string of the molecule is CNS(=O)(=O)Cc1ccc(CNc2ncnc3sccc23)cc1. The van der Waals surface area contributed by atoms with Crippen LogP contribution in [-0.2, 0) is 22.3 Å². The van der Waals surface area contributed by atoms with Crippen molar-refractivity contribution in [2.75, 3.05) is 12.4 Å². The molecule has 0 spiro atoms. The number of anilines is 1. The Morgan fingerprint density at radius 1 is 1.09 bits per heavy atom. The van der Waals surface area contributed by atoms with Crippen LogP contribution >= 0.6 is 11.3 Å². The van der Waals surface area contributed by atoms with E-state index < -0.39 is 10.0 Å². The minimum absolute atomic E-state index is 0.0152. The van der Waals surface area contributed by atoms with Crippen LogP contribution in [0.15, 0.2) is 42.0 Å². The van der Waals surface area contributed by atoms with Crippen LogP contribution in [-0.4, -0.2) is 25.4 Å². The molecule has 0 saturated carbocycles. The first-order valence-electron chi connectivity index (χ1n) is 6.98. The van der Waals surface area contributed by atoms with Gasteiger partial charge in [0.1, 0.15) is 17.0 Å². The summed E-state index contributed by atoms with van der Waals surface area (Å²) in [6.45, 7) is 0.612. The van der Waals surface area contributed by atoms with E-state index in [-0.39, 0.29) is 5.75 Å². The van der Waals surface area contributed by atoms with Crippen molar-refractivity contribution in [2.45, 2.75) is 12.3 Å². The number of hydrogen-bond acceptors (Lipinski definition) is 6. The predicted octanol–water partition coefficient (Wildman–Crippen LogP) is 2.35. The lowest BCUT2D eigenvalue weighted by Gasteiger charge is -2.08. The molecule has 0 radical (unpaired) electrons. The predicted molar refractivity (Wildman–Crippen MR) is 92.9 cm³/mol. The van der Waals surface area contributed by atoms with Crippen molar-refractivity contribution in [3.63, 3.8) is 0 Å². The molecule has 0 amide bonds. The van der Waals surface area contributed by atoms with E-state index in [1.165, 1.54) is 7.05 Å². The number of hydrogen-bond donors (Lipinski definition) is 2. The Labute approximate surface area is 138 Å². The zero-order valence-corrected chi connectivity index (χ0v) is 14.1. The molecule has 0 atom stereocenters. The quantitative estimate of drug-likeness (QED) is 0.714. The highest BCUT2D eigenvalue weighted by atomic mass is 32.2. The topological polar surface area (TPSA) is 84.0 Å². The van der Waals surface area contributed by atoms with Gasteiger partial charge in [-0.05, 0) is 29.6 Å². The third-order valence-electron chi connectivity index (χ3n) is 3.41. The molecule has 2 N–H and O–H groups in total. The molecule has 0 aliphatic carbocycles. The van der Waals surface area contributed by atoms with E-state index in [0.717, 1.165) is 27.2 Å². The molecule has 2 aromatic heterocycles. The van der Waals surface area contributed by atoms with E-state index in [1.54, 1.807) is 17.7 Å². The second-order valence-electron chi connectivity index (χ2n) is 4.99. The van der Waals surface area contributed by atoms with Crippen molar-refractivity contribution in [2.24, 2.45) is 0 Å². The molecule has 0 aliphatic heterocycles. The molecular weight excluding hydrogens is 332 g/mol. The van der Waals surface area contributed by atoms with Gasteiger partial charge in [-0.3, -0.25) is 0 Å². The number of nitrogens with zero attached hydrogens (tertiary/aromatic N) is 2. The molecule has 120 valence electrons. The van der Waals surface area contributed by atoms with Gasteiger partial charge >= 0.3 is 0 Å². The van der Waals surface area contributed by atoms with E-state index in [4.69, 9.17) is 0 Å². The van der Waals surface area contributed by atoms with Gasteiger partial charge in [-0.1, -0.05) is 24.3 Å². The summed E-state index contributed by atoms with van der Waals surface area (Å²) < 4.78 is 25.4. The molecule has 23 heavy (non-hydrogen) atoms. The zero-order chi connectivity index (χ0) is 16.3. The first-order valence-corrected chi connectivity index (χ1v) is 9.52. The zero-order valence-electron chi connectivity index (χ0n) is 12.5. The van der Waals surface area contributed by atoms with E-state index in [2.05, 4.69) is 20.0 Å². The van der Waals surface area contributed by atoms with Crippen LogP contribution in [0.2, 0.25) is 0 Å². The lowest BCUT2D eigenvalue weighted by molar-refractivity contribution is 0.587. The minimum atomic E-state index is -3.24. The lowest BCUT2D eigenvalue weighted by atomic mass is 10.1. The summed E-state index contributed by atoms with van der Waals surface area (Å²) in [6.07, 6.45) is 1.55. The van der Waals surface area contributed by atoms with Gasteiger partial charge in [0.2, 0.25) is 10.0 Å². The summed E-state index contributed by atoms with van der Waals surface area (Å²) in [4.78, 5) is 9.44. The average molecular weight is 348 g/mol. The van der Waals surface area contributed by atoms with E-state index in [9.17, 15) is 8.42 Å². The van der Waals surface area contributed by atoms with Gasteiger partial charge in [0.15, 0.2) is 0 Å². The van der Waals surface area contributed by atoms with E-state index in [1.807, 2.05) is 35.7 Å². The first kappa shape index (κ1) is 15.9. The minimum Gasteiger partial charge on any atom is -0.365 e. The van der Waals surface area contributed by atoms with Gasteiger partial charge in [0.05, 0.1) is 11.1 Å². The second-order valence-corrected chi connectivity index (χ2v) is 7.82. The van der Waals surface area contributed by atoms with E-state index in [0.29, 0.717) is 6.54 Å². The molecule has 3 rings (SSSR count). The molecule has 0 bridgehead atoms. The fraction of sp³-hybridized carbons (Fsp3) is 0.200. The number of thiophene rings is 1. The van der Waals surface area contributed by atoms with Crippen molar-refractivity contribution in [3.8, 4) is 0 Å². The largest absolute Gasteiger partial charge is 0.365 e. The lowest BCUT2D eigenvalue weighted by Crippen LogP contribution is -2.20. The Morgan fingerprint density at radius 3 is 2.57 bits per heavy atom. The molecule has 8 heteroatoms. The second kappa shape index (κ2) is 6.61. The van der Waals surface area contributed by atoms with Crippen molar-refractivity contribution in [1.82, 2.24) is 14.7 Å². The average Bonchev–Trinajstić information content (AvgIpc) is 3.03. The van der Waals surface area contributed by atoms with Crippen LogP contribution < -0.4 is 10.0 Å². The fourth-order valence-corrected chi connectivity index (χ4v) is 3.67. The summed E-state index contributed by atoms with van der Waals surface area (Å²) >= 11 is 1.58. The third-order valence-corrected chi connectivity index (χ3v) is 5.57. The van der Waals surface area contributed by atoms with Crippen molar-refractivity contribution >= 4 is 37.4 Å². The molecule has 3 aromatic rings. The molecule has 0 aliphatic rings. The standard InChI is InChI=1S/C15H16N4O2S2/c1-16-23(20,21)9-12-4-2-11(3-5-12)8-17-14-13-6-7-22-15(13)19-10-18-14/h2-7,10,16H,8-9H2,1H3,(H,17,18,19). The van der Waals surface area contributed by atoms with Gasteiger partial charge in [-0.15, -0.1) is 11.3 Å². The van der Waals surface area contributed by atoms with E-state index >= 15 is 0 Å². The highest BCUT2D eigenvalue weighted by molar-refractivity contribution is 7.88. The monoisotopic (exact) mass is 348 g/mol. The number of sulfonamides is 1. The summed E-state index contributed by atoms with van der Waals surface area (Å²) in [5, 5.41) is 6.29. The number of nitrogens with one attached hydrogen (secondary N) is 2. The maximum atomic E-state index is 11.5. The number of fused-ring (bicyclic) bond motifs is 1. The summed E-state index contributed by atoms with van der Waals surface area (Å²) in [5.41, 5.74) is 1.81.